The van der Waals surface area contributed by atoms with Gasteiger partial charge >= 0.3 is 12.1 Å². The highest BCUT2D eigenvalue weighted by atomic mass is 19.4. The molecule has 0 fully saturated rings. The minimum absolute atomic E-state index is 0.0295. The maximum atomic E-state index is 13.1. The van der Waals surface area contributed by atoms with Crippen LogP contribution >= 0.6 is 0 Å². The molecule has 0 bridgehead atoms. The molecule has 0 radical (unpaired) electrons. The first-order chi connectivity index (χ1) is 9.35. The molecule has 0 unspecified atom stereocenters. The zero-order chi connectivity index (χ0) is 15.3. The van der Waals surface area contributed by atoms with Crippen molar-refractivity contribution >= 4 is 5.97 Å². The number of hydrogen-bond acceptors (Lipinski definition) is 4. The van der Waals surface area contributed by atoms with Crippen molar-refractivity contribution < 1.29 is 27.8 Å². The Balaban J connectivity index is 3.44. The maximum Gasteiger partial charge on any atom is 0.417 e. The normalized spacial score (nSPS) is 11.0. The molecule has 20 heavy (non-hydrogen) atoms. The van der Waals surface area contributed by atoms with Crippen molar-refractivity contribution in [1.82, 2.24) is 0 Å². The summed E-state index contributed by atoms with van der Waals surface area (Å²) < 4.78 is 43.8. The lowest BCUT2D eigenvalue weighted by Gasteiger charge is -2.17. The standard InChI is InChI=1S/C13H12F3NO3/c1-2-20-11(19)5-10-8(6-17)3-4-9(7-18)12(10)13(14,15)16/h3-4,18H,2,5,7H2,1H3. The van der Waals surface area contributed by atoms with Crippen molar-refractivity contribution in [2.75, 3.05) is 6.61 Å². The third kappa shape index (κ3) is 3.48. The summed E-state index contributed by atoms with van der Waals surface area (Å²) in [5, 5.41) is 17.9. The Morgan fingerprint density at radius 3 is 2.55 bits per heavy atom. The lowest BCUT2D eigenvalue weighted by Crippen LogP contribution is -2.18. The van der Waals surface area contributed by atoms with E-state index in [-0.39, 0.29) is 17.7 Å². The Morgan fingerprint density at radius 1 is 1.45 bits per heavy atom. The number of carbonyl (C=O) groups is 1. The summed E-state index contributed by atoms with van der Waals surface area (Å²) in [5.41, 5.74) is -2.25. The number of rotatable bonds is 4. The number of ether oxygens (including phenoxy) is 1. The van der Waals surface area contributed by atoms with Crippen LogP contribution in [0.25, 0.3) is 0 Å². The number of esters is 1. The second kappa shape index (κ2) is 6.39. The van der Waals surface area contributed by atoms with Crippen LogP contribution in [0.4, 0.5) is 13.2 Å². The van der Waals surface area contributed by atoms with E-state index in [0.717, 1.165) is 12.1 Å². The van der Waals surface area contributed by atoms with Crippen LogP contribution < -0.4 is 0 Å². The van der Waals surface area contributed by atoms with Gasteiger partial charge in [-0.2, -0.15) is 18.4 Å². The Kier molecular flexibility index (Phi) is 5.11. The number of aliphatic hydroxyl groups excluding tert-OH is 1. The molecule has 0 saturated carbocycles. The fourth-order valence-electron chi connectivity index (χ4n) is 1.83. The number of nitrogens with zero attached hydrogens (tertiary/aromatic N) is 1. The van der Waals surface area contributed by atoms with Gasteiger partial charge in [0, 0.05) is 0 Å². The Labute approximate surface area is 113 Å². The number of benzene rings is 1. The van der Waals surface area contributed by atoms with Gasteiger partial charge in [-0.1, -0.05) is 6.07 Å². The van der Waals surface area contributed by atoms with E-state index >= 15 is 0 Å². The van der Waals surface area contributed by atoms with E-state index in [1.165, 1.54) is 6.92 Å². The summed E-state index contributed by atoms with van der Waals surface area (Å²) >= 11 is 0. The molecule has 108 valence electrons. The smallest absolute Gasteiger partial charge is 0.417 e. The van der Waals surface area contributed by atoms with Crippen LogP contribution in [0.3, 0.4) is 0 Å². The molecule has 0 saturated heterocycles. The van der Waals surface area contributed by atoms with Crippen molar-refractivity contribution in [2.24, 2.45) is 0 Å². The fraction of sp³-hybridized carbons (Fsp3) is 0.385. The molecule has 1 N–H and O–H groups in total. The van der Waals surface area contributed by atoms with E-state index in [0.29, 0.717) is 0 Å². The monoisotopic (exact) mass is 287 g/mol. The van der Waals surface area contributed by atoms with E-state index in [9.17, 15) is 18.0 Å². The number of aliphatic hydroxyl groups is 1. The van der Waals surface area contributed by atoms with E-state index in [1.54, 1.807) is 6.07 Å². The van der Waals surface area contributed by atoms with Gasteiger partial charge in [0.1, 0.15) is 0 Å². The van der Waals surface area contributed by atoms with Crippen molar-refractivity contribution in [1.29, 1.82) is 5.26 Å². The van der Waals surface area contributed by atoms with Crippen LogP contribution in [0.1, 0.15) is 29.2 Å². The number of halogens is 3. The molecule has 4 nitrogen and oxygen atoms in total. The summed E-state index contributed by atoms with van der Waals surface area (Å²) in [5.74, 6) is -0.857. The first-order valence-corrected chi connectivity index (χ1v) is 5.73. The van der Waals surface area contributed by atoms with Crippen molar-refractivity contribution in [3.63, 3.8) is 0 Å². The molecule has 0 aromatic heterocycles. The average Bonchev–Trinajstić information content (AvgIpc) is 2.36. The summed E-state index contributed by atoms with van der Waals surface area (Å²) in [6.45, 7) is 0.718. The zero-order valence-electron chi connectivity index (χ0n) is 10.6. The largest absolute Gasteiger partial charge is 0.466 e. The van der Waals surface area contributed by atoms with Crippen molar-refractivity contribution in [2.45, 2.75) is 26.1 Å². The lowest BCUT2D eigenvalue weighted by atomic mass is 9.94. The first kappa shape index (κ1) is 16.0. The average molecular weight is 287 g/mol. The molecular weight excluding hydrogens is 275 g/mol. The zero-order valence-corrected chi connectivity index (χ0v) is 10.6. The summed E-state index contributed by atoms with van der Waals surface area (Å²) in [6.07, 6.45) is -5.44. The number of alkyl halides is 3. The first-order valence-electron chi connectivity index (χ1n) is 5.73. The molecule has 0 aliphatic heterocycles. The van der Waals surface area contributed by atoms with Crippen LogP contribution in [0, 0.1) is 11.3 Å². The predicted octanol–water partition coefficient (Wildman–Crippen LogP) is 2.17. The number of carbonyl (C=O) groups excluding carboxylic acids is 1. The van der Waals surface area contributed by atoms with Gasteiger partial charge in [0.25, 0.3) is 0 Å². The van der Waals surface area contributed by atoms with Gasteiger partial charge in [0.05, 0.1) is 36.8 Å². The van der Waals surface area contributed by atoms with E-state index < -0.39 is 36.3 Å². The van der Waals surface area contributed by atoms with Gasteiger partial charge in [-0.05, 0) is 24.1 Å². The lowest BCUT2D eigenvalue weighted by molar-refractivity contribution is -0.143. The van der Waals surface area contributed by atoms with E-state index in [4.69, 9.17) is 10.4 Å². The highest BCUT2D eigenvalue weighted by Crippen LogP contribution is 2.36. The number of nitriles is 1. The molecule has 7 heteroatoms. The molecule has 0 aliphatic rings. The van der Waals surface area contributed by atoms with E-state index in [2.05, 4.69) is 4.74 Å². The van der Waals surface area contributed by atoms with Gasteiger partial charge in [0.15, 0.2) is 0 Å². The molecule has 1 rings (SSSR count). The quantitative estimate of drug-likeness (QED) is 0.862. The van der Waals surface area contributed by atoms with Crippen LogP contribution in [0.15, 0.2) is 12.1 Å². The van der Waals surface area contributed by atoms with Crippen LogP contribution in [0.2, 0.25) is 0 Å². The molecule has 0 spiro atoms. The van der Waals surface area contributed by atoms with Gasteiger partial charge in [0.2, 0.25) is 0 Å². The maximum absolute atomic E-state index is 13.1. The Morgan fingerprint density at radius 2 is 2.10 bits per heavy atom. The molecule has 1 aromatic rings. The Hall–Kier alpha value is -2.07. The van der Waals surface area contributed by atoms with Gasteiger partial charge < -0.3 is 9.84 Å². The molecule has 0 amide bonds. The van der Waals surface area contributed by atoms with Crippen molar-refractivity contribution in [3.8, 4) is 6.07 Å². The van der Waals surface area contributed by atoms with Gasteiger partial charge in [-0.15, -0.1) is 0 Å². The fourth-order valence-corrected chi connectivity index (χ4v) is 1.83. The molecule has 0 aliphatic carbocycles. The van der Waals surface area contributed by atoms with Crippen LogP contribution in [-0.4, -0.2) is 17.7 Å². The third-order valence-corrected chi connectivity index (χ3v) is 2.60. The highest BCUT2D eigenvalue weighted by molar-refractivity contribution is 5.74. The third-order valence-electron chi connectivity index (χ3n) is 2.60. The highest BCUT2D eigenvalue weighted by Gasteiger charge is 2.37. The van der Waals surface area contributed by atoms with Gasteiger partial charge in [-0.25, -0.2) is 0 Å². The van der Waals surface area contributed by atoms with Crippen LogP contribution in [-0.2, 0) is 28.7 Å². The SMILES string of the molecule is CCOC(=O)Cc1c(C#N)ccc(CO)c1C(F)(F)F. The molecule has 1 aromatic carbocycles. The van der Waals surface area contributed by atoms with Gasteiger partial charge in [-0.3, -0.25) is 4.79 Å². The Bertz CT molecular complexity index is 547. The molecular formula is C13H12F3NO3. The second-order valence-corrected chi connectivity index (χ2v) is 3.88. The van der Waals surface area contributed by atoms with Crippen LogP contribution in [0.5, 0.6) is 0 Å². The van der Waals surface area contributed by atoms with E-state index in [1.807, 2.05) is 0 Å². The summed E-state index contributed by atoms with van der Waals surface area (Å²) in [4.78, 5) is 11.4. The van der Waals surface area contributed by atoms with Crippen molar-refractivity contribution in [3.05, 3.63) is 34.4 Å². The molecule has 0 atom stereocenters. The minimum Gasteiger partial charge on any atom is -0.466 e. The predicted molar refractivity (Wildman–Crippen MR) is 62.4 cm³/mol. The number of hydrogen-bond donors (Lipinski definition) is 1. The summed E-state index contributed by atoms with van der Waals surface area (Å²) in [6, 6.07) is 3.79. The minimum atomic E-state index is -4.77. The summed E-state index contributed by atoms with van der Waals surface area (Å²) in [7, 11) is 0. The second-order valence-electron chi connectivity index (χ2n) is 3.88. The molecule has 0 heterocycles. The topological polar surface area (TPSA) is 70.3 Å².